The largest absolute Gasteiger partial charge is 0.305 e. The van der Waals surface area contributed by atoms with Gasteiger partial charge in [0.25, 0.3) is 5.91 Å². The quantitative estimate of drug-likeness (QED) is 0.798. The first-order valence-electron chi connectivity index (χ1n) is 7.27. The molecule has 1 aliphatic rings. The number of anilines is 1. The van der Waals surface area contributed by atoms with Crippen LogP contribution in [0.1, 0.15) is 42.5 Å². The summed E-state index contributed by atoms with van der Waals surface area (Å²) in [5.74, 6) is 0.143. The molecule has 2 aromatic rings. The zero-order chi connectivity index (χ0) is 13.8. The summed E-state index contributed by atoms with van der Waals surface area (Å²) in [6.45, 7) is 0. The number of thiophene rings is 1. The van der Waals surface area contributed by atoms with E-state index in [-0.39, 0.29) is 5.91 Å². The van der Waals surface area contributed by atoms with E-state index in [1.54, 1.807) is 11.3 Å². The molecule has 1 aromatic heterocycles. The van der Waals surface area contributed by atoms with Crippen molar-refractivity contribution in [1.29, 1.82) is 0 Å². The maximum atomic E-state index is 12.8. The lowest BCUT2D eigenvalue weighted by Gasteiger charge is -2.34. The minimum atomic E-state index is 0.143. The average molecular weight is 285 g/mol. The second-order valence-electron chi connectivity index (χ2n) is 5.31. The number of carbonyl (C=O) groups excluding carboxylic acids is 1. The van der Waals surface area contributed by atoms with Gasteiger partial charge in [0, 0.05) is 17.1 Å². The Morgan fingerprint density at radius 2 is 1.80 bits per heavy atom. The lowest BCUT2D eigenvalue weighted by atomic mass is 9.93. The number of amides is 1. The first-order valence-corrected chi connectivity index (χ1v) is 8.21. The zero-order valence-electron chi connectivity index (χ0n) is 11.5. The number of benzene rings is 1. The Bertz CT molecular complexity index is 544. The van der Waals surface area contributed by atoms with Crippen LogP contribution < -0.4 is 4.90 Å². The molecule has 0 aliphatic heterocycles. The molecule has 3 heteroatoms. The molecule has 1 heterocycles. The maximum Gasteiger partial charge on any atom is 0.259 e. The average Bonchev–Trinajstić information content (AvgIpc) is 3.04. The maximum absolute atomic E-state index is 12.8. The third kappa shape index (κ3) is 2.78. The zero-order valence-corrected chi connectivity index (χ0v) is 12.3. The van der Waals surface area contributed by atoms with E-state index >= 15 is 0 Å². The normalized spacial score (nSPS) is 16.0. The van der Waals surface area contributed by atoms with Gasteiger partial charge in [-0.25, -0.2) is 0 Å². The van der Waals surface area contributed by atoms with Crippen LogP contribution in [-0.2, 0) is 0 Å². The van der Waals surface area contributed by atoms with Gasteiger partial charge in [0.1, 0.15) is 0 Å². The molecule has 1 saturated carbocycles. The summed E-state index contributed by atoms with van der Waals surface area (Å²) >= 11 is 1.58. The predicted octanol–water partition coefficient (Wildman–Crippen LogP) is 4.73. The minimum Gasteiger partial charge on any atom is -0.305 e. The lowest BCUT2D eigenvalue weighted by molar-refractivity contribution is 0.0971. The van der Waals surface area contributed by atoms with Crippen molar-refractivity contribution in [1.82, 2.24) is 0 Å². The van der Waals surface area contributed by atoms with Gasteiger partial charge >= 0.3 is 0 Å². The van der Waals surface area contributed by atoms with Gasteiger partial charge in [0.05, 0.1) is 5.56 Å². The topological polar surface area (TPSA) is 20.3 Å². The number of rotatable bonds is 3. The van der Waals surface area contributed by atoms with Gasteiger partial charge < -0.3 is 4.90 Å². The summed E-state index contributed by atoms with van der Waals surface area (Å²) in [6, 6.07) is 12.4. The number of hydrogen-bond donors (Lipinski definition) is 0. The van der Waals surface area contributed by atoms with Crippen molar-refractivity contribution in [2.45, 2.75) is 38.1 Å². The van der Waals surface area contributed by atoms with Gasteiger partial charge in [-0.15, -0.1) is 0 Å². The highest BCUT2D eigenvalue weighted by Crippen LogP contribution is 2.29. The van der Waals surface area contributed by atoms with Crippen LogP contribution in [0.15, 0.2) is 47.2 Å². The molecule has 2 nitrogen and oxygen atoms in total. The Kier molecular flexibility index (Phi) is 4.16. The van der Waals surface area contributed by atoms with Crippen LogP contribution in [0.3, 0.4) is 0 Å². The van der Waals surface area contributed by atoms with Crippen molar-refractivity contribution < 1.29 is 4.79 Å². The smallest absolute Gasteiger partial charge is 0.259 e. The van der Waals surface area contributed by atoms with E-state index in [4.69, 9.17) is 0 Å². The molecule has 1 aromatic carbocycles. The first kappa shape index (κ1) is 13.4. The molecule has 1 aliphatic carbocycles. The fourth-order valence-electron chi connectivity index (χ4n) is 2.95. The van der Waals surface area contributed by atoms with Crippen molar-refractivity contribution in [3.63, 3.8) is 0 Å². The first-order chi connectivity index (χ1) is 9.86. The minimum absolute atomic E-state index is 0.143. The van der Waals surface area contributed by atoms with Crippen LogP contribution in [0.5, 0.6) is 0 Å². The molecule has 0 saturated heterocycles. The molecule has 0 atom stereocenters. The van der Waals surface area contributed by atoms with Crippen molar-refractivity contribution in [2.75, 3.05) is 4.90 Å². The van der Waals surface area contributed by atoms with E-state index in [0.717, 1.165) is 24.1 Å². The molecule has 1 fully saturated rings. The Hall–Kier alpha value is -1.61. The summed E-state index contributed by atoms with van der Waals surface area (Å²) < 4.78 is 0. The van der Waals surface area contributed by atoms with Crippen molar-refractivity contribution in [3.8, 4) is 0 Å². The van der Waals surface area contributed by atoms with E-state index in [2.05, 4.69) is 0 Å². The lowest BCUT2D eigenvalue weighted by Crippen LogP contribution is -2.41. The molecule has 0 spiro atoms. The van der Waals surface area contributed by atoms with E-state index in [0.29, 0.717) is 6.04 Å². The molecular weight excluding hydrogens is 266 g/mol. The summed E-state index contributed by atoms with van der Waals surface area (Å²) in [5, 5.41) is 3.92. The molecule has 0 bridgehead atoms. The van der Waals surface area contributed by atoms with Gasteiger partial charge in [0.15, 0.2) is 0 Å². The monoisotopic (exact) mass is 285 g/mol. The second-order valence-corrected chi connectivity index (χ2v) is 6.09. The number of nitrogens with zero attached hydrogens (tertiary/aromatic N) is 1. The Labute approximate surface area is 124 Å². The van der Waals surface area contributed by atoms with Gasteiger partial charge in [0.2, 0.25) is 0 Å². The fraction of sp³-hybridized carbons (Fsp3) is 0.353. The van der Waals surface area contributed by atoms with Crippen LogP contribution in [0, 0.1) is 0 Å². The van der Waals surface area contributed by atoms with Crippen molar-refractivity contribution in [2.24, 2.45) is 0 Å². The molecule has 0 unspecified atom stereocenters. The van der Waals surface area contributed by atoms with Gasteiger partial charge in [-0.3, -0.25) is 4.79 Å². The summed E-state index contributed by atoms with van der Waals surface area (Å²) in [6.07, 6.45) is 5.98. The Morgan fingerprint density at radius 3 is 2.45 bits per heavy atom. The summed E-state index contributed by atoms with van der Waals surface area (Å²) in [4.78, 5) is 14.9. The fourth-order valence-corrected chi connectivity index (χ4v) is 3.58. The van der Waals surface area contributed by atoms with Gasteiger partial charge in [-0.2, -0.15) is 11.3 Å². The van der Waals surface area contributed by atoms with Gasteiger partial charge in [-0.05, 0) is 36.4 Å². The predicted molar refractivity (Wildman–Crippen MR) is 84.4 cm³/mol. The second kappa shape index (κ2) is 6.23. The van der Waals surface area contributed by atoms with Crippen LogP contribution in [0.4, 0.5) is 5.69 Å². The van der Waals surface area contributed by atoms with Crippen LogP contribution in [-0.4, -0.2) is 11.9 Å². The van der Waals surface area contributed by atoms with Crippen LogP contribution in [0.25, 0.3) is 0 Å². The standard InChI is InChI=1S/C17H19NOS/c19-17(14-11-12-20-13-14)18(15-7-3-1-4-8-15)16-9-5-2-6-10-16/h1,3-4,7-8,11-13,16H,2,5-6,9-10H2. The van der Waals surface area contributed by atoms with E-state index in [9.17, 15) is 4.79 Å². The highest BCUT2D eigenvalue weighted by atomic mass is 32.1. The molecule has 20 heavy (non-hydrogen) atoms. The van der Waals surface area contributed by atoms with Crippen LogP contribution >= 0.6 is 11.3 Å². The number of para-hydroxylation sites is 1. The highest BCUT2D eigenvalue weighted by Gasteiger charge is 2.27. The highest BCUT2D eigenvalue weighted by molar-refractivity contribution is 7.08. The Balaban J connectivity index is 1.92. The summed E-state index contributed by atoms with van der Waals surface area (Å²) in [5.41, 5.74) is 1.83. The van der Waals surface area contributed by atoms with Crippen molar-refractivity contribution >= 4 is 22.9 Å². The van der Waals surface area contributed by atoms with Crippen LogP contribution in [0.2, 0.25) is 0 Å². The van der Waals surface area contributed by atoms with E-state index in [1.165, 1.54) is 19.3 Å². The Morgan fingerprint density at radius 1 is 1.05 bits per heavy atom. The molecular formula is C17H19NOS. The van der Waals surface area contributed by atoms with E-state index in [1.807, 2.05) is 52.1 Å². The van der Waals surface area contributed by atoms with E-state index < -0.39 is 0 Å². The molecule has 0 N–H and O–H groups in total. The third-order valence-electron chi connectivity index (χ3n) is 3.96. The number of carbonyl (C=O) groups is 1. The molecule has 3 rings (SSSR count). The third-order valence-corrected chi connectivity index (χ3v) is 4.64. The SMILES string of the molecule is O=C(c1ccsc1)N(c1ccccc1)C1CCCCC1. The van der Waals surface area contributed by atoms with Gasteiger partial charge in [-0.1, -0.05) is 37.5 Å². The summed E-state index contributed by atoms with van der Waals surface area (Å²) in [7, 11) is 0. The molecule has 0 radical (unpaired) electrons. The molecule has 1 amide bonds. The number of hydrogen-bond acceptors (Lipinski definition) is 2. The van der Waals surface area contributed by atoms with Crippen molar-refractivity contribution in [3.05, 3.63) is 52.7 Å². The molecule has 104 valence electrons.